The summed E-state index contributed by atoms with van der Waals surface area (Å²) in [6.45, 7) is 12.8. The maximum atomic E-state index is 14.1. The molecular formula is C31H44O10. The van der Waals surface area contributed by atoms with Crippen LogP contribution in [0, 0.1) is 34.0 Å². The number of aliphatic hydroxyl groups excluding tert-OH is 1. The molecule has 2 unspecified atom stereocenters. The summed E-state index contributed by atoms with van der Waals surface area (Å²) in [7, 11) is 0. The molecule has 4 saturated carbocycles. The van der Waals surface area contributed by atoms with Crippen molar-refractivity contribution in [3.05, 3.63) is 12.7 Å². The number of ether oxygens (including phenoxy) is 3. The molecule has 2 N–H and O–H groups in total. The van der Waals surface area contributed by atoms with Crippen molar-refractivity contribution in [3.8, 4) is 0 Å². The SMILES string of the molecule is C=C[C@@]1(C)CC(=O)C2[C@]3(C)C(C[C@@H](O)[C@@]2(O)C1=O)C(C)(C)[C@H](OC(C)=O)[C@H](OC(C)=O)[C@@H]3OC(=O)C1CCCCC1. The minimum atomic E-state index is -2.51. The third kappa shape index (κ3) is 4.75. The number of aliphatic hydroxyl groups is 2. The van der Waals surface area contributed by atoms with Gasteiger partial charge in [-0.05, 0) is 32.1 Å². The molecule has 0 aliphatic heterocycles. The van der Waals surface area contributed by atoms with Gasteiger partial charge < -0.3 is 24.4 Å². The Labute approximate surface area is 241 Å². The predicted molar refractivity (Wildman–Crippen MR) is 145 cm³/mol. The van der Waals surface area contributed by atoms with Crippen LogP contribution in [0.4, 0.5) is 0 Å². The van der Waals surface area contributed by atoms with Crippen molar-refractivity contribution in [2.75, 3.05) is 0 Å². The second kappa shape index (κ2) is 10.6. The van der Waals surface area contributed by atoms with E-state index in [1.165, 1.54) is 26.8 Å². The lowest BCUT2D eigenvalue weighted by Crippen LogP contribution is -2.79. The van der Waals surface area contributed by atoms with Gasteiger partial charge in [0, 0.05) is 31.1 Å². The number of fused-ring (bicyclic) bond motifs is 3. The number of ketones is 2. The fraction of sp³-hybridized carbons (Fsp3) is 0.774. The maximum Gasteiger partial charge on any atom is 0.309 e. The van der Waals surface area contributed by atoms with Gasteiger partial charge in [-0.25, -0.2) is 0 Å². The molecule has 4 fully saturated rings. The highest BCUT2D eigenvalue weighted by molar-refractivity contribution is 6.06. The molecule has 41 heavy (non-hydrogen) atoms. The number of hydrogen-bond donors (Lipinski definition) is 2. The van der Waals surface area contributed by atoms with Gasteiger partial charge in [-0.2, -0.15) is 0 Å². The van der Waals surface area contributed by atoms with E-state index in [2.05, 4.69) is 6.58 Å². The first-order valence-corrected chi connectivity index (χ1v) is 14.6. The van der Waals surface area contributed by atoms with Crippen molar-refractivity contribution in [2.45, 2.75) is 117 Å². The molecule has 4 aliphatic rings. The Kier molecular flexibility index (Phi) is 8.10. The molecule has 228 valence electrons. The van der Waals surface area contributed by atoms with E-state index in [1.54, 1.807) is 20.8 Å². The zero-order valence-electron chi connectivity index (χ0n) is 24.9. The van der Waals surface area contributed by atoms with E-state index < -0.39 is 93.5 Å². The molecule has 4 rings (SSSR count). The number of esters is 3. The van der Waals surface area contributed by atoms with E-state index in [-0.39, 0.29) is 12.8 Å². The van der Waals surface area contributed by atoms with E-state index in [1.807, 2.05) is 0 Å². The molecular weight excluding hydrogens is 532 g/mol. The summed E-state index contributed by atoms with van der Waals surface area (Å²) in [5, 5.41) is 23.6. The van der Waals surface area contributed by atoms with Crippen LogP contribution in [0.3, 0.4) is 0 Å². The molecule has 4 aliphatic carbocycles. The van der Waals surface area contributed by atoms with Crippen LogP contribution in [0.25, 0.3) is 0 Å². The third-order valence-electron chi connectivity index (χ3n) is 10.6. The predicted octanol–water partition coefficient (Wildman–Crippen LogP) is 2.85. The monoisotopic (exact) mass is 576 g/mol. The van der Waals surface area contributed by atoms with Crippen LogP contribution >= 0.6 is 0 Å². The number of carbonyl (C=O) groups is 5. The van der Waals surface area contributed by atoms with Crippen LogP contribution < -0.4 is 0 Å². The van der Waals surface area contributed by atoms with Crippen LogP contribution in [0.2, 0.25) is 0 Å². The number of Topliss-reactive ketones (excluding diaryl/α,β-unsaturated/α-hetero) is 2. The quantitative estimate of drug-likeness (QED) is 0.284. The molecule has 0 bridgehead atoms. The smallest absolute Gasteiger partial charge is 0.309 e. The van der Waals surface area contributed by atoms with Gasteiger partial charge in [0.2, 0.25) is 0 Å². The van der Waals surface area contributed by atoms with E-state index in [0.29, 0.717) is 12.8 Å². The first-order valence-electron chi connectivity index (χ1n) is 14.6. The van der Waals surface area contributed by atoms with Gasteiger partial charge in [-0.3, -0.25) is 24.0 Å². The highest BCUT2D eigenvalue weighted by Gasteiger charge is 2.77. The standard InChI is InChI=1S/C31H44O10/c1-8-29(6)15-19(34)23-30(7)20(14-21(35)31(23,38)27(29)37)28(4,5)24(40-17(3)33)22(39-16(2)32)25(30)41-26(36)18-12-10-9-11-13-18/h8,18,20-25,35,38H,1,9-15H2,2-7H3/t20?,21-,22+,23?,24-,25+,29+,30+,31+/m1/s1. The summed E-state index contributed by atoms with van der Waals surface area (Å²) in [5.41, 5.74) is -6.47. The lowest BCUT2D eigenvalue weighted by molar-refractivity contribution is -0.298. The first-order chi connectivity index (χ1) is 19.0. The highest BCUT2D eigenvalue weighted by Crippen LogP contribution is 2.66. The van der Waals surface area contributed by atoms with Gasteiger partial charge in [-0.1, -0.05) is 46.1 Å². The molecule has 10 nitrogen and oxygen atoms in total. The Morgan fingerprint density at radius 2 is 1.51 bits per heavy atom. The normalized spacial score (nSPS) is 42.3. The summed E-state index contributed by atoms with van der Waals surface area (Å²) >= 11 is 0. The van der Waals surface area contributed by atoms with E-state index in [9.17, 15) is 34.2 Å². The number of allylic oxidation sites excluding steroid dienone is 1. The minimum Gasteiger partial charge on any atom is -0.458 e. The van der Waals surface area contributed by atoms with Crippen LogP contribution in [-0.4, -0.2) is 69.7 Å². The molecule has 0 aromatic heterocycles. The molecule has 0 amide bonds. The summed E-state index contributed by atoms with van der Waals surface area (Å²) in [6.07, 6.45) is -0.649. The Morgan fingerprint density at radius 3 is 2.05 bits per heavy atom. The zero-order valence-corrected chi connectivity index (χ0v) is 24.9. The molecule has 0 aromatic rings. The van der Waals surface area contributed by atoms with Crippen LogP contribution in [-0.2, 0) is 38.2 Å². The molecule has 0 heterocycles. The Morgan fingerprint density at radius 1 is 0.927 bits per heavy atom. The summed E-state index contributed by atoms with van der Waals surface area (Å²) < 4.78 is 17.7. The third-order valence-corrected chi connectivity index (χ3v) is 10.6. The topological polar surface area (TPSA) is 154 Å². The number of hydrogen-bond acceptors (Lipinski definition) is 10. The summed E-state index contributed by atoms with van der Waals surface area (Å²) in [5.74, 6) is -5.76. The maximum absolute atomic E-state index is 14.1. The molecule has 10 heteroatoms. The Hall–Kier alpha value is -2.59. The lowest BCUT2D eigenvalue weighted by Gasteiger charge is -2.67. The van der Waals surface area contributed by atoms with Gasteiger partial charge in [0.1, 0.15) is 18.0 Å². The van der Waals surface area contributed by atoms with E-state index in [4.69, 9.17) is 14.2 Å². The first kappa shape index (κ1) is 31.3. The van der Waals surface area contributed by atoms with Crippen LogP contribution in [0.1, 0.15) is 86.5 Å². The summed E-state index contributed by atoms with van der Waals surface area (Å²) in [4.78, 5) is 66.4. The summed E-state index contributed by atoms with van der Waals surface area (Å²) in [6, 6.07) is 0. The van der Waals surface area contributed by atoms with Crippen LogP contribution in [0.5, 0.6) is 0 Å². The fourth-order valence-corrected chi connectivity index (χ4v) is 8.63. The largest absolute Gasteiger partial charge is 0.458 e. The van der Waals surface area contributed by atoms with Gasteiger partial charge in [-0.15, -0.1) is 6.58 Å². The molecule has 0 radical (unpaired) electrons. The average Bonchev–Trinajstić information content (AvgIpc) is 2.89. The van der Waals surface area contributed by atoms with Crippen molar-refractivity contribution < 1.29 is 48.4 Å². The molecule has 9 atom stereocenters. The Bertz CT molecular complexity index is 1140. The lowest BCUT2D eigenvalue weighted by atomic mass is 9.39. The van der Waals surface area contributed by atoms with E-state index in [0.717, 1.165) is 19.3 Å². The van der Waals surface area contributed by atoms with Gasteiger partial charge in [0.15, 0.2) is 17.5 Å². The molecule has 0 saturated heterocycles. The van der Waals surface area contributed by atoms with Gasteiger partial charge in [0.05, 0.1) is 23.4 Å². The average molecular weight is 577 g/mol. The number of carbonyl (C=O) groups excluding carboxylic acids is 5. The molecule has 0 spiro atoms. The van der Waals surface area contributed by atoms with Crippen molar-refractivity contribution in [2.24, 2.45) is 34.0 Å². The number of rotatable bonds is 5. The van der Waals surface area contributed by atoms with Crippen molar-refractivity contribution in [1.82, 2.24) is 0 Å². The second-order valence-corrected chi connectivity index (χ2v) is 13.6. The molecule has 0 aromatic carbocycles. The van der Waals surface area contributed by atoms with E-state index >= 15 is 0 Å². The van der Waals surface area contributed by atoms with Crippen molar-refractivity contribution in [1.29, 1.82) is 0 Å². The minimum absolute atomic E-state index is 0.162. The van der Waals surface area contributed by atoms with Crippen molar-refractivity contribution in [3.63, 3.8) is 0 Å². The van der Waals surface area contributed by atoms with Gasteiger partial charge in [0.25, 0.3) is 0 Å². The second-order valence-electron chi connectivity index (χ2n) is 13.6. The zero-order chi connectivity index (χ0) is 30.7. The fourth-order valence-electron chi connectivity index (χ4n) is 8.63. The van der Waals surface area contributed by atoms with Crippen LogP contribution in [0.15, 0.2) is 12.7 Å². The van der Waals surface area contributed by atoms with Gasteiger partial charge >= 0.3 is 17.9 Å². The highest BCUT2D eigenvalue weighted by atomic mass is 16.6. The Balaban J connectivity index is 1.95. The van der Waals surface area contributed by atoms with Crippen molar-refractivity contribution >= 4 is 29.5 Å².